The Morgan fingerprint density at radius 1 is 1.26 bits per heavy atom. The van der Waals surface area contributed by atoms with Crippen molar-refractivity contribution in [3.63, 3.8) is 0 Å². The molecule has 0 atom stereocenters. The fourth-order valence-electron chi connectivity index (χ4n) is 2.02. The van der Waals surface area contributed by atoms with Crippen LogP contribution in [-0.4, -0.2) is 14.6 Å². The number of hydrogen-bond donors (Lipinski definition) is 1. The van der Waals surface area contributed by atoms with Gasteiger partial charge in [0.25, 0.3) is 0 Å². The summed E-state index contributed by atoms with van der Waals surface area (Å²) >= 11 is 0. The van der Waals surface area contributed by atoms with Gasteiger partial charge in [-0.15, -0.1) is 0 Å². The van der Waals surface area contributed by atoms with Crippen LogP contribution in [0.4, 0.5) is 0 Å². The SMILES string of the molecule is CCc1cnc(CNCc2cnn3ccccc23)o1. The predicted molar refractivity (Wildman–Crippen MR) is 71.6 cm³/mol. The molecule has 5 heteroatoms. The Labute approximate surface area is 111 Å². The number of pyridine rings is 1. The molecule has 0 spiro atoms. The van der Waals surface area contributed by atoms with Crippen LogP contribution in [0.5, 0.6) is 0 Å². The largest absolute Gasteiger partial charge is 0.444 e. The van der Waals surface area contributed by atoms with E-state index in [1.54, 1.807) is 6.20 Å². The van der Waals surface area contributed by atoms with Crippen molar-refractivity contribution in [2.24, 2.45) is 0 Å². The monoisotopic (exact) mass is 256 g/mol. The molecule has 0 radical (unpaired) electrons. The summed E-state index contributed by atoms with van der Waals surface area (Å²) in [4.78, 5) is 4.22. The van der Waals surface area contributed by atoms with Crippen molar-refractivity contribution in [3.8, 4) is 0 Å². The van der Waals surface area contributed by atoms with E-state index in [1.165, 1.54) is 5.56 Å². The lowest BCUT2D eigenvalue weighted by Crippen LogP contribution is -2.12. The molecule has 0 saturated carbocycles. The second-order valence-electron chi connectivity index (χ2n) is 4.38. The first-order valence-electron chi connectivity index (χ1n) is 6.42. The minimum Gasteiger partial charge on any atom is -0.444 e. The summed E-state index contributed by atoms with van der Waals surface area (Å²) in [6.07, 6.45) is 6.49. The van der Waals surface area contributed by atoms with Crippen molar-refractivity contribution in [1.82, 2.24) is 19.9 Å². The Kier molecular flexibility index (Phi) is 3.29. The number of nitrogens with zero attached hydrogens (tertiary/aromatic N) is 3. The van der Waals surface area contributed by atoms with Crippen LogP contribution >= 0.6 is 0 Å². The fourth-order valence-corrected chi connectivity index (χ4v) is 2.02. The van der Waals surface area contributed by atoms with E-state index in [9.17, 15) is 0 Å². The highest BCUT2D eigenvalue weighted by atomic mass is 16.4. The van der Waals surface area contributed by atoms with Crippen molar-refractivity contribution in [2.75, 3.05) is 0 Å². The molecule has 0 unspecified atom stereocenters. The van der Waals surface area contributed by atoms with E-state index >= 15 is 0 Å². The van der Waals surface area contributed by atoms with Gasteiger partial charge in [-0.05, 0) is 12.1 Å². The molecule has 0 aliphatic carbocycles. The maximum atomic E-state index is 5.55. The van der Waals surface area contributed by atoms with E-state index in [2.05, 4.69) is 28.4 Å². The van der Waals surface area contributed by atoms with E-state index in [4.69, 9.17) is 4.42 Å². The van der Waals surface area contributed by atoms with Gasteiger partial charge in [0.1, 0.15) is 5.76 Å². The van der Waals surface area contributed by atoms with Gasteiger partial charge in [0.05, 0.1) is 24.5 Å². The highest BCUT2D eigenvalue weighted by Crippen LogP contribution is 2.10. The molecule has 0 aliphatic heterocycles. The highest BCUT2D eigenvalue weighted by Gasteiger charge is 2.05. The Hall–Kier alpha value is -2.14. The van der Waals surface area contributed by atoms with Crippen LogP contribution in [-0.2, 0) is 19.5 Å². The zero-order chi connectivity index (χ0) is 13.1. The Morgan fingerprint density at radius 2 is 2.21 bits per heavy atom. The van der Waals surface area contributed by atoms with Crippen LogP contribution in [0.2, 0.25) is 0 Å². The first-order chi connectivity index (χ1) is 9.36. The van der Waals surface area contributed by atoms with Crippen molar-refractivity contribution in [1.29, 1.82) is 0 Å². The number of nitrogens with one attached hydrogen (secondary N) is 1. The summed E-state index contributed by atoms with van der Waals surface area (Å²) in [5.41, 5.74) is 2.29. The van der Waals surface area contributed by atoms with Crippen LogP contribution in [0.3, 0.4) is 0 Å². The van der Waals surface area contributed by atoms with Gasteiger partial charge in [-0.25, -0.2) is 9.50 Å². The zero-order valence-corrected chi connectivity index (χ0v) is 10.8. The van der Waals surface area contributed by atoms with Crippen LogP contribution in [0.1, 0.15) is 24.1 Å². The molecule has 0 fully saturated rings. The van der Waals surface area contributed by atoms with E-state index in [0.29, 0.717) is 6.54 Å². The predicted octanol–water partition coefficient (Wildman–Crippen LogP) is 2.17. The summed E-state index contributed by atoms with van der Waals surface area (Å²) in [5, 5.41) is 7.62. The number of oxazole rings is 1. The first kappa shape index (κ1) is 11.9. The second-order valence-corrected chi connectivity index (χ2v) is 4.38. The summed E-state index contributed by atoms with van der Waals surface area (Å²) in [7, 11) is 0. The Balaban J connectivity index is 1.63. The number of aromatic nitrogens is 3. The molecule has 19 heavy (non-hydrogen) atoms. The number of hydrogen-bond acceptors (Lipinski definition) is 4. The van der Waals surface area contributed by atoms with Crippen molar-refractivity contribution >= 4 is 5.52 Å². The minimum atomic E-state index is 0.629. The molecule has 0 aromatic carbocycles. The van der Waals surface area contributed by atoms with Crippen LogP contribution in [0.25, 0.3) is 5.52 Å². The lowest BCUT2D eigenvalue weighted by atomic mass is 10.2. The fraction of sp³-hybridized carbons (Fsp3) is 0.286. The maximum absolute atomic E-state index is 5.55. The molecule has 5 nitrogen and oxygen atoms in total. The molecule has 3 rings (SSSR count). The maximum Gasteiger partial charge on any atom is 0.208 e. The molecule has 0 aliphatic rings. The molecule has 98 valence electrons. The normalized spacial score (nSPS) is 11.2. The quantitative estimate of drug-likeness (QED) is 0.760. The third-order valence-electron chi connectivity index (χ3n) is 3.05. The van der Waals surface area contributed by atoms with Gasteiger partial charge in [-0.3, -0.25) is 0 Å². The van der Waals surface area contributed by atoms with E-state index < -0.39 is 0 Å². The topological polar surface area (TPSA) is 55.4 Å². The standard InChI is InChI=1S/C14H16N4O/c1-2-12-9-16-14(19-12)10-15-7-11-8-17-18-6-4-3-5-13(11)18/h3-6,8-9,15H,2,7,10H2,1H3. The summed E-state index contributed by atoms with van der Waals surface area (Å²) < 4.78 is 7.42. The lowest BCUT2D eigenvalue weighted by molar-refractivity contribution is 0.439. The average Bonchev–Trinajstić information content (AvgIpc) is 3.06. The average molecular weight is 256 g/mol. The van der Waals surface area contributed by atoms with E-state index in [0.717, 1.165) is 30.1 Å². The number of aryl methyl sites for hydroxylation is 1. The smallest absolute Gasteiger partial charge is 0.208 e. The van der Waals surface area contributed by atoms with Crippen molar-refractivity contribution in [2.45, 2.75) is 26.4 Å². The van der Waals surface area contributed by atoms with Crippen LogP contribution in [0, 0.1) is 0 Å². The van der Waals surface area contributed by atoms with Gasteiger partial charge in [0.2, 0.25) is 5.89 Å². The molecular formula is C14H16N4O. The second kappa shape index (κ2) is 5.24. The molecule has 0 bridgehead atoms. The molecule has 3 aromatic rings. The first-order valence-corrected chi connectivity index (χ1v) is 6.42. The van der Waals surface area contributed by atoms with Gasteiger partial charge in [0, 0.05) is 24.7 Å². The molecule has 0 saturated heterocycles. The van der Waals surface area contributed by atoms with Crippen LogP contribution in [0.15, 0.2) is 41.2 Å². The zero-order valence-electron chi connectivity index (χ0n) is 10.8. The van der Waals surface area contributed by atoms with E-state index in [-0.39, 0.29) is 0 Å². The van der Waals surface area contributed by atoms with Crippen molar-refractivity contribution in [3.05, 3.63) is 54.0 Å². The number of rotatable bonds is 5. The van der Waals surface area contributed by atoms with Crippen molar-refractivity contribution < 1.29 is 4.42 Å². The Bertz CT molecular complexity index is 671. The molecular weight excluding hydrogens is 240 g/mol. The summed E-state index contributed by atoms with van der Waals surface area (Å²) in [5.74, 6) is 1.65. The lowest BCUT2D eigenvalue weighted by Gasteiger charge is -2.00. The molecule has 1 N–H and O–H groups in total. The summed E-state index contributed by atoms with van der Waals surface area (Å²) in [6.45, 7) is 3.43. The number of fused-ring (bicyclic) bond motifs is 1. The Morgan fingerprint density at radius 3 is 3.05 bits per heavy atom. The molecule has 3 aromatic heterocycles. The third-order valence-corrected chi connectivity index (χ3v) is 3.05. The highest BCUT2D eigenvalue weighted by molar-refractivity contribution is 5.53. The van der Waals surface area contributed by atoms with Gasteiger partial charge in [-0.1, -0.05) is 13.0 Å². The molecule has 0 amide bonds. The minimum absolute atomic E-state index is 0.629. The van der Waals surface area contributed by atoms with Gasteiger partial charge < -0.3 is 9.73 Å². The molecule has 3 heterocycles. The van der Waals surface area contributed by atoms with E-state index in [1.807, 2.05) is 29.0 Å². The van der Waals surface area contributed by atoms with Gasteiger partial charge >= 0.3 is 0 Å². The van der Waals surface area contributed by atoms with Gasteiger partial charge in [-0.2, -0.15) is 5.10 Å². The van der Waals surface area contributed by atoms with Gasteiger partial charge in [0.15, 0.2) is 0 Å². The third kappa shape index (κ3) is 2.51. The van der Waals surface area contributed by atoms with Crippen LogP contribution < -0.4 is 5.32 Å². The summed E-state index contributed by atoms with van der Waals surface area (Å²) in [6, 6.07) is 6.04.